The number of rotatable bonds is 3. The SMILES string of the molecule is CCN1CCC(CN)C1c1cc(F)c(F)cc1F. The van der Waals surface area contributed by atoms with Gasteiger partial charge in [0.15, 0.2) is 11.6 Å². The van der Waals surface area contributed by atoms with Crippen LogP contribution in [-0.4, -0.2) is 24.5 Å². The molecule has 0 aromatic heterocycles. The molecule has 0 saturated carbocycles. The van der Waals surface area contributed by atoms with Crippen LogP contribution < -0.4 is 5.73 Å². The molecule has 2 atom stereocenters. The molecule has 0 aliphatic carbocycles. The van der Waals surface area contributed by atoms with E-state index in [-0.39, 0.29) is 17.5 Å². The lowest BCUT2D eigenvalue weighted by atomic mass is 9.93. The second kappa shape index (κ2) is 5.28. The lowest BCUT2D eigenvalue weighted by molar-refractivity contribution is 0.235. The minimum Gasteiger partial charge on any atom is -0.330 e. The molecule has 2 unspecified atom stereocenters. The molecule has 0 radical (unpaired) electrons. The maximum atomic E-state index is 13.8. The van der Waals surface area contributed by atoms with Gasteiger partial charge in [-0.1, -0.05) is 6.92 Å². The van der Waals surface area contributed by atoms with E-state index >= 15 is 0 Å². The summed E-state index contributed by atoms with van der Waals surface area (Å²) >= 11 is 0. The van der Waals surface area contributed by atoms with Gasteiger partial charge in [-0.3, -0.25) is 4.90 Å². The minimum absolute atomic E-state index is 0.0873. The van der Waals surface area contributed by atoms with E-state index in [1.165, 1.54) is 0 Å². The van der Waals surface area contributed by atoms with Crippen LogP contribution in [0.4, 0.5) is 13.2 Å². The van der Waals surface area contributed by atoms with Crippen LogP contribution in [0.3, 0.4) is 0 Å². The molecule has 100 valence electrons. The third kappa shape index (κ3) is 2.24. The zero-order valence-electron chi connectivity index (χ0n) is 10.3. The Labute approximate surface area is 105 Å². The highest BCUT2D eigenvalue weighted by Crippen LogP contribution is 2.38. The minimum atomic E-state index is -1.15. The van der Waals surface area contributed by atoms with Gasteiger partial charge in [0.2, 0.25) is 0 Å². The molecule has 0 bridgehead atoms. The number of nitrogens with two attached hydrogens (primary N) is 1. The van der Waals surface area contributed by atoms with Crippen LogP contribution in [0.1, 0.15) is 24.9 Å². The molecule has 1 heterocycles. The van der Waals surface area contributed by atoms with Crippen molar-refractivity contribution >= 4 is 0 Å². The van der Waals surface area contributed by atoms with E-state index < -0.39 is 17.5 Å². The quantitative estimate of drug-likeness (QED) is 0.844. The zero-order chi connectivity index (χ0) is 13.3. The first-order valence-corrected chi connectivity index (χ1v) is 6.17. The Morgan fingerprint density at radius 1 is 1.22 bits per heavy atom. The van der Waals surface area contributed by atoms with E-state index in [4.69, 9.17) is 5.73 Å². The number of likely N-dealkylation sites (tertiary alicyclic amines) is 1. The van der Waals surface area contributed by atoms with Crippen LogP contribution in [0.15, 0.2) is 12.1 Å². The summed E-state index contributed by atoms with van der Waals surface area (Å²) in [7, 11) is 0. The van der Waals surface area contributed by atoms with E-state index in [0.29, 0.717) is 12.6 Å². The molecule has 2 rings (SSSR count). The van der Waals surface area contributed by atoms with Gasteiger partial charge in [-0.25, -0.2) is 13.2 Å². The summed E-state index contributed by atoms with van der Waals surface area (Å²) in [5.74, 6) is -2.77. The lowest BCUT2D eigenvalue weighted by Crippen LogP contribution is -2.29. The monoisotopic (exact) mass is 258 g/mol. The van der Waals surface area contributed by atoms with Crippen molar-refractivity contribution in [3.05, 3.63) is 35.1 Å². The standard InChI is InChI=1S/C13H17F3N2/c1-2-18-4-3-8(7-17)13(18)9-5-11(15)12(16)6-10(9)14/h5-6,8,13H,2-4,7,17H2,1H3. The van der Waals surface area contributed by atoms with E-state index in [0.717, 1.165) is 25.6 Å². The normalized spacial score (nSPS) is 24.7. The van der Waals surface area contributed by atoms with Gasteiger partial charge in [-0.15, -0.1) is 0 Å². The van der Waals surface area contributed by atoms with Crippen molar-refractivity contribution < 1.29 is 13.2 Å². The van der Waals surface area contributed by atoms with Crippen molar-refractivity contribution in [2.45, 2.75) is 19.4 Å². The number of nitrogens with zero attached hydrogens (tertiary/aromatic N) is 1. The van der Waals surface area contributed by atoms with E-state index in [2.05, 4.69) is 0 Å². The van der Waals surface area contributed by atoms with Crippen molar-refractivity contribution in [3.8, 4) is 0 Å². The molecule has 2 N–H and O–H groups in total. The van der Waals surface area contributed by atoms with Crippen molar-refractivity contribution in [2.75, 3.05) is 19.6 Å². The molecule has 0 spiro atoms. The average Bonchev–Trinajstić information content (AvgIpc) is 2.76. The summed E-state index contributed by atoms with van der Waals surface area (Å²) in [6.45, 7) is 3.92. The Hall–Kier alpha value is -1.07. The van der Waals surface area contributed by atoms with Crippen molar-refractivity contribution in [1.29, 1.82) is 0 Å². The second-order valence-corrected chi connectivity index (χ2v) is 4.65. The average molecular weight is 258 g/mol. The van der Waals surface area contributed by atoms with Crippen LogP contribution in [0.2, 0.25) is 0 Å². The van der Waals surface area contributed by atoms with Gasteiger partial charge >= 0.3 is 0 Å². The van der Waals surface area contributed by atoms with Crippen LogP contribution in [0.25, 0.3) is 0 Å². The number of hydrogen-bond acceptors (Lipinski definition) is 2. The van der Waals surface area contributed by atoms with E-state index in [1.807, 2.05) is 11.8 Å². The summed E-state index contributed by atoms with van der Waals surface area (Å²) < 4.78 is 40.1. The molecule has 18 heavy (non-hydrogen) atoms. The maximum Gasteiger partial charge on any atom is 0.161 e. The summed E-state index contributed by atoms with van der Waals surface area (Å²) in [6, 6.07) is 1.33. The van der Waals surface area contributed by atoms with Crippen LogP contribution in [0.5, 0.6) is 0 Å². The second-order valence-electron chi connectivity index (χ2n) is 4.65. The predicted octanol–water partition coefficient (Wildman–Crippen LogP) is 2.45. The van der Waals surface area contributed by atoms with Gasteiger partial charge < -0.3 is 5.73 Å². The predicted molar refractivity (Wildman–Crippen MR) is 63.5 cm³/mol. The molecule has 1 aromatic rings. The zero-order valence-corrected chi connectivity index (χ0v) is 10.3. The van der Waals surface area contributed by atoms with Gasteiger partial charge in [0.1, 0.15) is 5.82 Å². The Bertz CT molecular complexity index is 424. The first-order valence-electron chi connectivity index (χ1n) is 6.17. The van der Waals surface area contributed by atoms with Gasteiger partial charge in [-0.2, -0.15) is 0 Å². The highest BCUT2D eigenvalue weighted by atomic mass is 19.2. The Morgan fingerprint density at radius 3 is 2.50 bits per heavy atom. The van der Waals surface area contributed by atoms with Crippen LogP contribution in [-0.2, 0) is 0 Å². The van der Waals surface area contributed by atoms with Crippen molar-refractivity contribution in [2.24, 2.45) is 11.7 Å². The smallest absolute Gasteiger partial charge is 0.161 e. The first kappa shape index (κ1) is 13.4. The largest absolute Gasteiger partial charge is 0.330 e. The third-order valence-corrected chi connectivity index (χ3v) is 3.69. The highest BCUT2D eigenvalue weighted by molar-refractivity contribution is 5.25. The van der Waals surface area contributed by atoms with Gasteiger partial charge in [-0.05, 0) is 38.0 Å². The molecule has 2 nitrogen and oxygen atoms in total. The first-order chi connectivity index (χ1) is 8.58. The highest BCUT2D eigenvalue weighted by Gasteiger charge is 2.35. The summed E-state index contributed by atoms with van der Waals surface area (Å²) in [4.78, 5) is 2.05. The summed E-state index contributed by atoms with van der Waals surface area (Å²) in [6.07, 6.45) is 0.855. The number of hydrogen-bond donors (Lipinski definition) is 1. The number of benzene rings is 1. The molecular formula is C13H17F3N2. The van der Waals surface area contributed by atoms with E-state index in [1.54, 1.807) is 0 Å². The molecule has 1 aromatic carbocycles. The fourth-order valence-electron chi connectivity index (χ4n) is 2.74. The lowest BCUT2D eigenvalue weighted by Gasteiger charge is -2.27. The van der Waals surface area contributed by atoms with Gasteiger partial charge in [0.25, 0.3) is 0 Å². The molecule has 0 amide bonds. The third-order valence-electron chi connectivity index (χ3n) is 3.69. The van der Waals surface area contributed by atoms with Crippen LogP contribution >= 0.6 is 0 Å². The molecule has 1 aliphatic rings. The van der Waals surface area contributed by atoms with Gasteiger partial charge in [0, 0.05) is 17.7 Å². The fraction of sp³-hybridized carbons (Fsp3) is 0.538. The Balaban J connectivity index is 2.42. The van der Waals surface area contributed by atoms with Crippen molar-refractivity contribution in [1.82, 2.24) is 4.90 Å². The molecule has 1 fully saturated rings. The van der Waals surface area contributed by atoms with E-state index in [9.17, 15) is 13.2 Å². The van der Waals surface area contributed by atoms with Crippen molar-refractivity contribution in [3.63, 3.8) is 0 Å². The fourth-order valence-corrected chi connectivity index (χ4v) is 2.74. The topological polar surface area (TPSA) is 29.3 Å². The molecule has 1 aliphatic heterocycles. The maximum absolute atomic E-state index is 13.8. The molecular weight excluding hydrogens is 241 g/mol. The van der Waals surface area contributed by atoms with Crippen LogP contribution in [0, 0.1) is 23.4 Å². The summed E-state index contributed by atoms with van der Waals surface area (Å²) in [5, 5.41) is 0. The molecule has 1 saturated heterocycles. The summed E-state index contributed by atoms with van der Waals surface area (Å²) in [5.41, 5.74) is 5.89. The Kier molecular flexibility index (Phi) is 3.92. The number of halogens is 3. The van der Waals surface area contributed by atoms with Gasteiger partial charge in [0.05, 0.1) is 0 Å². The Morgan fingerprint density at radius 2 is 1.89 bits per heavy atom. The molecule has 5 heteroatoms.